The van der Waals surface area contributed by atoms with E-state index in [0.29, 0.717) is 0 Å². The number of hydrazone groups is 1. The molecule has 0 bridgehead atoms. The molecule has 3 N–H and O–H groups in total. The maximum atomic E-state index is 10.8. The molecule has 0 saturated heterocycles. The first-order valence-corrected chi connectivity index (χ1v) is 5.28. The highest BCUT2D eigenvalue weighted by Crippen LogP contribution is 2.14. The zero-order chi connectivity index (χ0) is 13.0. The van der Waals surface area contributed by atoms with E-state index in [4.69, 9.17) is 5.73 Å². The summed E-state index contributed by atoms with van der Waals surface area (Å²) in [4.78, 5) is 21.3. The summed E-state index contributed by atoms with van der Waals surface area (Å²) >= 11 is 0. The number of primary amides is 1. The topological polar surface area (TPSA) is 84.5 Å². The van der Waals surface area contributed by atoms with E-state index in [1.807, 2.05) is 47.9 Å². The molecule has 90 valence electrons. The number of carbonyl (C=O) groups excluding carboxylic acids is 2. The van der Waals surface area contributed by atoms with E-state index in [1.165, 1.54) is 6.21 Å². The first kappa shape index (κ1) is 11.8. The zero-order valence-corrected chi connectivity index (χ0v) is 9.46. The predicted molar refractivity (Wildman–Crippen MR) is 68.9 cm³/mol. The van der Waals surface area contributed by atoms with Crippen LogP contribution in [0.15, 0.2) is 47.6 Å². The second kappa shape index (κ2) is 5.09. The Labute approximate surface area is 103 Å². The van der Waals surface area contributed by atoms with Crippen LogP contribution in [-0.2, 0) is 9.59 Å². The monoisotopic (exact) mass is 241 g/mol. The van der Waals surface area contributed by atoms with Crippen LogP contribution in [0, 0.1) is 0 Å². The summed E-state index contributed by atoms with van der Waals surface area (Å²) in [5.74, 6) is -2.00. The van der Waals surface area contributed by atoms with Gasteiger partial charge in [-0.15, -0.1) is 0 Å². The molecular formula is C13H11N3O2. The van der Waals surface area contributed by atoms with Gasteiger partial charge in [0.25, 0.3) is 0 Å². The van der Waals surface area contributed by atoms with Crippen molar-refractivity contribution >= 4 is 28.8 Å². The van der Waals surface area contributed by atoms with Crippen molar-refractivity contribution in [2.45, 2.75) is 0 Å². The lowest BCUT2D eigenvalue weighted by molar-refractivity contribution is -0.137. The van der Waals surface area contributed by atoms with Crippen LogP contribution in [0.3, 0.4) is 0 Å². The molecule has 0 atom stereocenters. The number of nitrogens with zero attached hydrogens (tertiary/aromatic N) is 1. The third kappa shape index (κ3) is 2.70. The number of rotatable bonds is 2. The quantitative estimate of drug-likeness (QED) is 0.462. The number of hydrogen-bond acceptors (Lipinski definition) is 3. The fraction of sp³-hybridized carbons (Fsp3) is 0. The number of nitrogens with two attached hydrogens (primary N) is 1. The Morgan fingerprint density at radius 1 is 1.11 bits per heavy atom. The highest BCUT2D eigenvalue weighted by atomic mass is 16.2. The first-order chi connectivity index (χ1) is 8.66. The van der Waals surface area contributed by atoms with E-state index in [0.717, 1.165) is 16.3 Å². The second-order valence-corrected chi connectivity index (χ2v) is 3.67. The Morgan fingerprint density at radius 2 is 1.83 bits per heavy atom. The van der Waals surface area contributed by atoms with Crippen LogP contribution in [-0.4, -0.2) is 18.0 Å². The minimum absolute atomic E-state index is 0.818. The fourth-order valence-electron chi connectivity index (χ4n) is 1.51. The molecule has 0 aliphatic rings. The molecular weight excluding hydrogens is 230 g/mol. The van der Waals surface area contributed by atoms with Gasteiger partial charge in [-0.05, 0) is 22.4 Å². The van der Waals surface area contributed by atoms with E-state index >= 15 is 0 Å². The number of nitrogens with one attached hydrogen (secondary N) is 1. The minimum atomic E-state index is -1.06. The molecule has 0 saturated carbocycles. The molecule has 0 spiro atoms. The summed E-state index contributed by atoms with van der Waals surface area (Å²) in [5.41, 5.74) is 7.62. The molecule has 0 aliphatic carbocycles. The number of fused-ring (bicyclic) bond motifs is 1. The smallest absolute Gasteiger partial charge is 0.329 e. The molecule has 0 fully saturated rings. The Bertz CT molecular complexity index is 635. The molecule has 2 aromatic rings. The molecule has 2 amide bonds. The van der Waals surface area contributed by atoms with E-state index in [1.54, 1.807) is 0 Å². The molecule has 18 heavy (non-hydrogen) atoms. The number of carbonyl (C=O) groups is 2. The Morgan fingerprint density at radius 3 is 2.56 bits per heavy atom. The molecule has 2 rings (SSSR count). The summed E-state index contributed by atoms with van der Waals surface area (Å²) < 4.78 is 0. The van der Waals surface area contributed by atoms with Crippen LogP contribution in [0.25, 0.3) is 10.8 Å². The predicted octanol–water partition coefficient (Wildman–Crippen LogP) is 0.775. The van der Waals surface area contributed by atoms with Crippen molar-refractivity contribution in [2.75, 3.05) is 0 Å². The van der Waals surface area contributed by atoms with Crippen LogP contribution >= 0.6 is 0 Å². The summed E-state index contributed by atoms with van der Waals surface area (Å²) in [6.07, 6.45) is 1.45. The SMILES string of the molecule is NC(=O)C(=O)N/N=C\c1ccc2ccccc2c1. The van der Waals surface area contributed by atoms with Crippen molar-refractivity contribution in [3.63, 3.8) is 0 Å². The van der Waals surface area contributed by atoms with Crippen LogP contribution < -0.4 is 11.2 Å². The van der Waals surface area contributed by atoms with Crippen LogP contribution in [0.4, 0.5) is 0 Å². The van der Waals surface area contributed by atoms with Crippen molar-refractivity contribution < 1.29 is 9.59 Å². The average Bonchev–Trinajstić information content (AvgIpc) is 2.38. The minimum Gasteiger partial charge on any atom is -0.361 e. The molecule has 0 unspecified atom stereocenters. The maximum absolute atomic E-state index is 10.8. The number of amides is 2. The van der Waals surface area contributed by atoms with E-state index in [9.17, 15) is 9.59 Å². The van der Waals surface area contributed by atoms with Crippen molar-refractivity contribution in [3.05, 3.63) is 48.0 Å². The lowest BCUT2D eigenvalue weighted by atomic mass is 10.1. The van der Waals surface area contributed by atoms with Gasteiger partial charge in [0.05, 0.1) is 6.21 Å². The molecule has 0 heterocycles. The first-order valence-electron chi connectivity index (χ1n) is 5.28. The number of benzene rings is 2. The van der Waals surface area contributed by atoms with Crippen molar-refractivity contribution in [3.8, 4) is 0 Å². The standard InChI is InChI=1S/C13H11N3O2/c14-12(17)13(18)16-15-8-9-5-6-10-3-1-2-4-11(10)7-9/h1-8H,(H2,14,17)(H,16,18)/b15-8-. The molecule has 2 aromatic carbocycles. The average molecular weight is 241 g/mol. The van der Waals surface area contributed by atoms with Gasteiger partial charge in [0.15, 0.2) is 0 Å². The van der Waals surface area contributed by atoms with Gasteiger partial charge in [0.2, 0.25) is 0 Å². The van der Waals surface area contributed by atoms with Gasteiger partial charge in [-0.25, -0.2) is 5.43 Å². The highest BCUT2D eigenvalue weighted by Gasteiger charge is 2.05. The van der Waals surface area contributed by atoms with Gasteiger partial charge >= 0.3 is 11.8 Å². The van der Waals surface area contributed by atoms with Gasteiger partial charge in [0.1, 0.15) is 0 Å². The molecule has 5 heteroatoms. The van der Waals surface area contributed by atoms with E-state index < -0.39 is 11.8 Å². The zero-order valence-electron chi connectivity index (χ0n) is 9.46. The summed E-state index contributed by atoms with van der Waals surface area (Å²) in [6.45, 7) is 0. The summed E-state index contributed by atoms with van der Waals surface area (Å²) in [7, 11) is 0. The van der Waals surface area contributed by atoms with E-state index in [2.05, 4.69) is 5.10 Å². The largest absolute Gasteiger partial charge is 0.361 e. The van der Waals surface area contributed by atoms with Gasteiger partial charge in [0, 0.05) is 0 Å². The Hall–Kier alpha value is -2.69. The second-order valence-electron chi connectivity index (χ2n) is 3.67. The Balaban J connectivity index is 2.14. The lowest BCUT2D eigenvalue weighted by Crippen LogP contribution is -2.32. The lowest BCUT2D eigenvalue weighted by Gasteiger charge is -1.98. The third-order valence-corrected chi connectivity index (χ3v) is 2.38. The van der Waals surface area contributed by atoms with Crippen molar-refractivity contribution in [2.24, 2.45) is 10.8 Å². The van der Waals surface area contributed by atoms with Gasteiger partial charge in [-0.3, -0.25) is 9.59 Å². The Kier molecular flexibility index (Phi) is 3.33. The van der Waals surface area contributed by atoms with Crippen molar-refractivity contribution in [1.82, 2.24) is 5.43 Å². The maximum Gasteiger partial charge on any atom is 0.329 e. The van der Waals surface area contributed by atoms with Crippen LogP contribution in [0.2, 0.25) is 0 Å². The van der Waals surface area contributed by atoms with Gasteiger partial charge in [-0.1, -0.05) is 36.4 Å². The van der Waals surface area contributed by atoms with Crippen LogP contribution in [0.5, 0.6) is 0 Å². The molecule has 0 aromatic heterocycles. The van der Waals surface area contributed by atoms with Gasteiger partial charge in [-0.2, -0.15) is 5.10 Å². The molecule has 0 radical (unpaired) electrons. The van der Waals surface area contributed by atoms with E-state index in [-0.39, 0.29) is 0 Å². The molecule has 5 nitrogen and oxygen atoms in total. The summed E-state index contributed by atoms with van der Waals surface area (Å²) in [6, 6.07) is 13.6. The third-order valence-electron chi connectivity index (χ3n) is 2.38. The van der Waals surface area contributed by atoms with Crippen molar-refractivity contribution in [1.29, 1.82) is 0 Å². The number of hydrogen-bond donors (Lipinski definition) is 2. The van der Waals surface area contributed by atoms with Gasteiger partial charge < -0.3 is 5.73 Å². The highest BCUT2D eigenvalue weighted by molar-refractivity contribution is 6.34. The van der Waals surface area contributed by atoms with Crippen LogP contribution in [0.1, 0.15) is 5.56 Å². The fourth-order valence-corrected chi connectivity index (χ4v) is 1.51. The summed E-state index contributed by atoms with van der Waals surface area (Å²) in [5, 5.41) is 5.84. The molecule has 0 aliphatic heterocycles. The normalized spacial score (nSPS) is 10.7.